The van der Waals surface area contributed by atoms with Crippen LogP contribution in [-0.2, 0) is 4.79 Å². The van der Waals surface area contributed by atoms with Gasteiger partial charge in [-0.05, 0) is 56.4 Å². The van der Waals surface area contributed by atoms with Crippen LogP contribution < -0.4 is 5.32 Å². The van der Waals surface area contributed by atoms with Crippen LogP contribution >= 0.6 is 23.4 Å². The molecule has 5 nitrogen and oxygen atoms in total. The van der Waals surface area contributed by atoms with Gasteiger partial charge in [0.25, 0.3) is 0 Å². The second-order valence-electron chi connectivity index (χ2n) is 9.32. The minimum atomic E-state index is -0.684. The van der Waals surface area contributed by atoms with Crippen LogP contribution in [0.1, 0.15) is 59.8 Å². The smallest absolute Gasteiger partial charge is 0.223 e. The van der Waals surface area contributed by atoms with E-state index >= 15 is 0 Å². The number of alkyl halides is 1. The molecule has 220 valence electrons. The zero-order valence-corrected chi connectivity index (χ0v) is 25.3. The van der Waals surface area contributed by atoms with E-state index in [0.717, 1.165) is 37.2 Å². The van der Waals surface area contributed by atoms with Gasteiger partial charge in [0, 0.05) is 35.2 Å². The number of carbonyl (C=O) groups is 1. The normalized spacial score (nSPS) is 20.1. The third-order valence-electron chi connectivity index (χ3n) is 6.60. The maximum absolute atomic E-state index is 13.4. The summed E-state index contributed by atoms with van der Waals surface area (Å²) in [6.07, 6.45) is 9.31. The molecule has 2 atom stereocenters. The number of rotatable bonds is 8. The molecule has 1 N–H and O–H groups in total. The van der Waals surface area contributed by atoms with Crippen LogP contribution in [-0.4, -0.2) is 53.4 Å². The number of amidine groups is 1. The van der Waals surface area contributed by atoms with Crippen LogP contribution in [0.4, 0.5) is 13.3 Å². The molecule has 4 rings (SSSR count). The predicted molar refractivity (Wildman–Crippen MR) is 163 cm³/mol. The van der Waals surface area contributed by atoms with Gasteiger partial charge in [0.15, 0.2) is 0 Å². The van der Waals surface area contributed by atoms with E-state index in [2.05, 4.69) is 22.4 Å². The van der Waals surface area contributed by atoms with E-state index in [4.69, 9.17) is 16.6 Å². The largest absolute Gasteiger partial charge is 0.351 e. The molecule has 2 fully saturated rings. The molecule has 1 saturated carbocycles. The first-order valence-electron chi connectivity index (χ1n) is 13.8. The lowest BCUT2D eigenvalue weighted by atomic mass is 10.0. The van der Waals surface area contributed by atoms with E-state index in [1.165, 1.54) is 24.3 Å². The molecule has 40 heavy (non-hydrogen) atoms. The number of hydrogen-bond acceptors (Lipinski definition) is 5. The van der Waals surface area contributed by atoms with Crippen molar-refractivity contribution in [3.63, 3.8) is 0 Å². The van der Waals surface area contributed by atoms with E-state index in [-0.39, 0.29) is 34.6 Å². The summed E-state index contributed by atoms with van der Waals surface area (Å²) in [5.74, 6) is 0.842. The molecule has 0 radical (unpaired) electrons. The molecule has 2 unspecified atom stereocenters. The lowest BCUT2D eigenvalue weighted by Gasteiger charge is -2.31. The fourth-order valence-corrected chi connectivity index (χ4v) is 5.72. The number of amides is 1. The highest BCUT2D eigenvalue weighted by molar-refractivity contribution is 8.03. The summed E-state index contributed by atoms with van der Waals surface area (Å²) < 4.78 is 38.1. The van der Waals surface area contributed by atoms with Crippen LogP contribution in [0.5, 0.6) is 0 Å². The molecule has 1 aliphatic carbocycles. The van der Waals surface area contributed by atoms with Crippen molar-refractivity contribution in [2.75, 3.05) is 19.8 Å². The van der Waals surface area contributed by atoms with Gasteiger partial charge in [-0.1, -0.05) is 66.2 Å². The van der Waals surface area contributed by atoms with Gasteiger partial charge in [-0.25, -0.2) is 8.78 Å². The van der Waals surface area contributed by atoms with E-state index in [1.807, 2.05) is 32.3 Å². The number of allylic oxidation sites excluding steroid dienone is 3. The average molecular weight is 597 g/mol. The standard InChI is InChI=1S/C22H30F2N4OS.C6H4ClF.C2H6/c1-3-11-30-15(2)21-25-13-18(19(27-24)9-6-10-23)20-12-17(14-28(20)21)26-22(29)16-7-4-5-8-16;7-5-2-1-3-6(8)4-5;1-2/h3,6,9,11,15-17H,4-5,7-8,10,12-14H2,1-2H3,(H,26,29);1-4H;1-2H3/b9-6-,11-3-,27-19+;;. The fraction of sp³-hybridized carbons (Fsp3) is 0.500. The van der Waals surface area contributed by atoms with Gasteiger partial charge in [-0.15, -0.1) is 11.8 Å². The maximum atomic E-state index is 13.4. The minimum absolute atomic E-state index is 0.0590. The molecule has 1 amide bonds. The number of hydrogen-bond donors (Lipinski definition) is 1. The number of benzene rings is 1. The van der Waals surface area contributed by atoms with Crippen molar-refractivity contribution in [2.45, 2.75) is 71.1 Å². The second-order valence-corrected chi connectivity index (χ2v) is 11.0. The summed E-state index contributed by atoms with van der Waals surface area (Å²) in [6.45, 7) is 8.27. The Bertz CT molecular complexity index is 1100. The molecule has 1 saturated heterocycles. The lowest BCUT2D eigenvalue weighted by Crippen LogP contribution is -2.42. The summed E-state index contributed by atoms with van der Waals surface area (Å²) >= 11 is 7.07. The Morgan fingerprint density at radius 1 is 1.32 bits per heavy atom. The predicted octanol–water partition coefficient (Wildman–Crippen LogP) is 8.05. The number of thioether (sulfide) groups is 1. The molecule has 1 aromatic carbocycles. The summed E-state index contributed by atoms with van der Waals surface area (Å²) in [4.78, 5) is 19.5. The molecule has 0 bridgehead atoms. The number of aliphatic imine (C=N–C) groups is 1. The zero-order chi connectivity index (χ0) is 29.5. The number of carbonyl (C=O) groups excluding carboxylic acids is 1. The topological polar surface area (TPSA) is 57.1 Å². The molecule has 0 aromatic heterocycles. The summed E-state index contributed by atoms with van der Waals surface area (Å²) in [5.41, 5.74) is 1.68. The maximum Gasteiger partial charge on any atom is 0.223 e. The van der Waals surface area contributed by atoms with Gasteiger partial charge in [-0.2, -0.15) is 0 Å². The fourth-order valence-electron chi connectivity index (χ4n) is 4.83. The molecule has 2 heterocycles. The Balaban J connectivity index is 0.000000475. The summed E-state index contributed by atoms with van der Waals surface area (Å²) in [7, 11) is 0. The van der Waals surface area contributed by atoms with Gasteiger partial charge in [0.1, 0.15) is 24.0 Å². The van der Waals surface area contributed by atoms with Crippen molar-refractivity contribution in [3.8, 4) is 0 Å². The summed E-state index contributed by atoms with van der Waals surface area (Å²) in [5, 5.41) is 8.66. The van der Waals surface area contributed by atoms with Crippen molar-refractivity contribution in [3.05, 3.63) is 70.0 Å². The van der Waals surface area contributed by atoms with E-state index < -0.39 is 6.67 Å². The third kappa shape index (κ3) is 9.84. The SMILES string of the molecule is C/C=C\SC(C)C1=NCC(C(/C=C\CF)=N/F)=C2CC(NC(=O)C3CCCC3)CN12.CC.Fc1cccc(Cl)c1. The Hall–Kier alpha value is -2.52. The average Bonchev–Trinajstić information content (AvgIpc) is 3.64. The lowest BCUT2D eigenvalue weighted by molar-refractivity contribution is -0.125. The monoisotopic (exact) mass is 596 g/mol. The number of fused-ring (bicyclic) bond motifs is 1. The van der Waals surface area contributed by atoms with Crippen LogP contribution in [0.15, 0.2) is 69.4 Å². The highest BCUT2D eigenvalue weighted by atomic mass is 35.5. The van der Waals surface area contributed by atoms with Gasteiger partial charge < -0.3 is 10.2 Å². The Labute approximate surface area is 245 Å². The molecule has 0 spiro atoms. The molecule has 2 aliphatic heterocycles. The first-order valence-corrected chi connectivity index (χ1v) is 15.1. The van der Waals surface area contributed by atoms with Gasteiger partial charge in [0.05, 0.1) is 17.8 Å². The van der Waals surface area contributed by atoms with Crippen LogP contribution in [0, 0.1) is 11.7 Å². The van der Waals surface area contributed by atoms with E-state index in [1.54, 1.807) is 23.9 Å². The quantitative estimate of drug-likeness (QED) is 0.309. The summed E-state index contributed by atoms with van der Waals surface area (Å²) in [6, 6.07) is 5.76. The minimum Gasteiger partial charge on any atom is -0.351 e. The van der Waals surface area contributed by atoms with Crippen LogP contribution in [0.2, 0.25) is 5.02 Å². The third-order valence-corrected chi connectivity index (χ3v) is 7.88. The van der Waals surface area contributed by atoms with Gasteiger partial charge in [-0.3, -0.25) is 9.79 Å². The van der Waals surface area contributed by atoms with Gasteiger partial charge >= 0.3 is 0 Å². The number of nitrogens with zero attached hydrogens (tertiary/aromatic N) is 3. The Kier molecular flexibility index (Phi) is 15.2. The van der Waals surface area contributed by atoms with Crippen LogP contribution in [0.25, 0.3) is 0 Å². The van der Waals surface area contributed by atoms with E-state index in [9.17, 15) is 18.1 Å². The Morgan fingerprint density at radius 2 is 2.05 bits per heavy atom. The van der Waals surface area contributed by atoms with Crippen molar-refractivity contribution in [1.29, 1.82) is 0 Å². The number of halogens is 4. The molecule has 1 aromatic rings. The molecule has 3 aliphatic rings. The molecular formula is C30H40ClF3N4OS. The van der Waals surface area contributed by atoms with Crippen molar-refractivity contribution in [1.82, 2.24) is 10.2 Å². The van der Waals surface area contributed by atoms with E-state index in [0.29, 0.717) is 30.1 Å². The van der Waals surface area contributed by atoms with Crippen molar-refractivity contribution < 1.29 is 18.1 Å². The van der Waals surface area contributed by atoms with Gasteiger partial charge in [0.2, 0.25) is 5.91 Å². The highest BCUT2D eigenvalue weighted by Gasteiger charge is 2.38. The van der Waals surface area contributed by atoms with Crippen molar-refractivity contribution in [2.24, 2.45) is 16.1 Å². The Morgan fingerprint density at radius 3 is 2.62 bits per heavy atom. The zero-order valence-electron chi connectivity index (χ0n) is 23.7. The first-order chi connectivity index (χ1) is 19.4. The highest BCUT2D eigenvalue weighted by Crippen LogP contribution is 2.33. The number of nitrogens with one attached hydrogen (secondary N) is 1. The van der Waals surface area contributed by atoms with Crippen LogP contribution in [0.3, 0.4) is 0 Å². The van der Waals surface area contributed by atoms with Crippen molar-refractivity contribution >= 4 is 40.8 Å². The second kappa shape index (κ2) is 18.0. The first kappa shape index (κ1) is 33.7. The molecular weight excluding hydrogens is 557 g/mol. The molecule has 10 heteroatoms.